The molecule has 4 bridgehead atoms. The minimum Gasteiger partial charge on any atom is -0.309 e. The van der Waals surface area contributed by atoms with E-state index >= 15 is 0 Å². The average molecular weight is 468 g/mol. The van der Waals surface area contributed by atoms with Crippen molar-refractivity contribution in [2.75, 3.05) is 32.1 Å². The van der Waals surface area contributed by atoms with Crippen molar-refractivity contribution in [1.82, 2.24) is 9.88 Å². The maximum Gasteiger partial charge on any atom is 0.235 e. The molecular formula is C23H31Cl2N3OS. The van der Waals surface area contributed by atoms with Crippen LogP contribution in [0.3, 0.4) is 0 Å². The van der Waals surface area contributed by atoms with Gasteiger partial charge in [-0.1, -0.05) is 29.0 Å². The predicted octanol–water partition coefficient (Wildman–Crippen LogP) is 5.87. The number of para-hydroxylation sites is 1. The first-order valence-corrected chi connectivity index (χ1v) is 12.1. The number of thiazole rings is 1. The number of hydrogen-bond donors (Lipinski definition) is 0. The second-order valence-electron chi connectivity index (χ2n) is 9.89. The molecule has 1 heterocycles. The van der Waals surface area contributed by atoms with E-state index in [-0.39, 0.29) is 17.8 Å². The summed E-state index contributed by atoms with van der Waals surface area (Å²) in [6.45, 7) is 1.70. The zero-order valence-corrected chi connectivity index (χ0v) is 20.2. The number of nitrogens with zero attached hydrogens (tertiary/aromatic N) is 3. The van der Waals surface area contributed by atoms with Crippen molar-refractivity contribution in [3.05, 3.63) is 23.2 Å². The first-order chi connectivity index (χ1) is 13.9. The van der Waals surface area contributed by atoms with E-state index in [1.165, 1.54) is 19.3 Å². The standard InChI is InChI=1S/C23H30ClN3OS.ClH/c1-26(2)7-4-8-27(22-25-20-18(24)5-3-6-19(20)29-22)21(28)23-12-15-9-16(13-23)11-17(10-15)14-23;/h3,5-6,15-17H,4,7-14H2,1-2H3;1H. The normalized spacial score (nSPS) is 29.4. The van der Waals surface area contributed by atoms with Crippen molar-refractivity contribution in [2.24, 2.45) is 23.2 Å². The summed E-state index contributed by atoms with van der Waals surface area (Å²) in [5.41, 5.74) is 0.680. The fourth-order valence-electron chi connectivity index (χ4n) is 6.51. The molecule has 164 valence electrons. The van der Waals surface area contributed by atoms with Crippen LogP contribution in [0.15, 0.2) is 18.2 Å². The van der Waals surface area contributed by atoms with E-state index < -0.39 is 0 Å². The lowest BCUT2D eigenvalue weighted by Gasteiger charge is -2.56. The number of carbonyl (C=O) groups is 1. The van der Waals surface area contributed by atoms with Crippen LogP contribution in [0.5, 0.6) is 0 Å². The summed E-state index contributed by atoms with van der Waals surface area (Å²) in [7, 11) is 4.17. The van der Waals surface area contributed by atoms with Gasteiger partial charge in [-0.15, -0.1) is 12.4 Å². The van der Waals surface area contributed by atoms with Gasteiger partial charge in [-0.2, -0.15) is 0 Å². The van der Waals surface area contributed by atoms with Gasteiger partial charge in [-0.25, -0.2) is 4.98 Å². The summed E-state index contributed by atoms with van der Waals surface area (Å²) < 4.78 is 1.06. The Hall–Kier alpha value is -0.880. The SMILES string of the molecule is CN(C)CCCN(C(=O)C12CC3CC(CC(C3)C1)C2)c1nc2c(Cl)cccc2s1.Cl. The average Bonchev–Trinajstić information content (AvgIpc) is 3.09. The monoisotopic (exact) mass is 467 g/mol. The van der Waals surface area contributed by atoms with Gasteiger partial charge in [0.2, 0.25) is 5.91 Å². The molecule has 2 aromatic rings. The molecule has 6 rings (SSSR count). The zero-order chi connectivity index (χ0) is 20.2. The Balaban J connectivity index is 0.00000218. The van der Waals surface area contributed by atoms with Crippen LogP contribution in [0, 0.1) is 23.2 Å². The minimum absolute atomic E-state index is 0. The second kappa shape index (κ2) is 8.57. The number of aromatic nitrogens is 1. The summed E-state index contributed by atoms with van der Waals surface area (Å²) in [6.07, 6.45) is 8.28. The quantitative estimate of drug-likeness (QED) is 0.532. The van der Waals surface area contributed by atoms with Gasteiger partial charge in [0.25, 0.3) is 0 Å². The molecule has 4 aliphatic carbocycles. The second-order valence-corrected chi connectivity index (χ2v) is 11.3. The summed E-state index contributed by atoms with van der Waals surface area (Å²) >= 11 is 8.00. The molecule has 4 aliphatic rings. The van der Waals surface area contributed by atoms with Crippen LogP contribution in [0.4, 0.5) is 5.13 Å². The van der Waals surface area contributed by atoms with Gasteiger partial charge in [-0.05, 0) is 95.5 Å². The van der Waals surface area contributed by atoms with Crippen molar-refractivity contribution >= 4 is 56.6 Å². The highest BCUT2D eigenvalue weighted by Gasteiger charge is 2.55. The smallest absolute Gasteiger partial charge is 0.235 e. The van der Waals surface area contributed by atoms with Crippen molar-refractivity contribution in [3.63, 3.8) is 0 Å². The molecule has 7 heteroatoms. The highest BCUT2D eigenvalue weighted by Crippen LogP contribution is 2.60. The lowest BCUT2D eigenvalue weighted by molar-refractivity contribution is -0.143. The van der Waals surface area contributed by atoms with Gasteiger partial charge in [-0.3, -0.25) is 9.69 Å². The van der Waals surface area contributed by atoms with E-state index in [2.05, 4.69) is 25.1 Å². The van der Waals surface area contributed by atoms with E-state index in [1.807, 2.05) is 17.0 Å². The minimum atomic E-state index is -0.144. The van der Waals surface area contributed by atoms with Gasteiger partial charge in [0.05, 0.1) is 15.1 Å². The Kier molecular flexibility index (Phi) is 6.38. The lowest BCUT2D eigenvalue weighted by Crippen LogP contribution is -2.55. The van der Waals surface area contributed by atoms with Crippen LogP contribution in [0.2, 0.25) is 5.02 Å². The molecule has 0 aliphatic heterocycles. The molecular weight excluding hydrogens is 437 g/mol. The molecule has 4 fully saturated rings. The number of amides is 1. The van der Waals surface area contributed by atoms with Gasteiger partial charge in [0.1, 0.15) is 5.52 Å². The van der Waals surface area contributed by atoms with Crippen LogP contribution in [-0.2, 0) is 4.79 Å². The van der Waals surface area contributed by atoms with Gasteiger partial charge in [0, 0.05) is 6.54 Å². The molecule has 4 nitrogen and oxygen atoms in total. The van der Waals surface area contributed by atoms with Crippen molar-refractivity contribution in [1.29, 1.82) is 0 Å². The Morgan fingerprint density at radius 1 is 1.13 bits per heavy atom. The van der Waals surface area contributed by atoms with Gasteiger partial charge >= 0.3 is 0 Å². The first kappa shape index (κ1) is 22.3. The number of anilines is 1. The van der Waals surface area contributed by atoms with Crippen LogP contribution < -0.4 is 4.90 Å². The van der Waals surface area contributed by atoms with E-state index in [0.29, 0.717) is 10.9 Å². The number of hydrogen-bond acceptors (Lipinski definition) is 4. The summed E-state index contributed by atoms with van der Waals surface area (Å²) in [6, 6.07) is 5.89. The first-order valence-electron chi connectivity index (χ1n) is 11.0. The summed E-state index contributed by atoms with van der Waals surface area (Å²) in [5.74, 6) is 2.63. The Morgan fingerprint density at radius 3 is 2.33 bits per heavy atom. The van der Waals surface area contributed by atoms with Crippen LogP contribution in [0.25, 0.3) is 10.2 Å². The number of benzene rings is 1. The third-order valence-corrected chi connectivity index (χ3v) is 8.66. The number of fused-ring (bicyclic) bond motifs is 1. The highest BCUT2D eigenvalue weighted by molar-refractivity contribution is 7.22. The molecule has 0 radical (unpaired) electrons. The fraction of sp³-hybridized carbons (Fsp3) is 0.652. The van der Waals surface area contributed by atoms with E-state index in [4.69, 9.17) is 16.6 Å². The fourth-order valence-corrected chi connectivity index (χ4v) is 7.80. The van der Waals surface area contributed by atoms with Crippen LogP contribution in [0.1, 0.15) is 44.9 Å². The summed E-state index contributed by atoms with van der Waals surface area (Å²) in [5, 5.41) is 1.49. The van der Waals surface area contributed by atoms with Crippen molar-refractivity contribution in [3.8, 4) is 0 Å². The molecule has 4 saturated carbocycles. The third kappa shape index (κ3) is 3.99. The Bertz CT molecular complexity index is 893. The van der Waals surface area contributed by atoms with Gasteiger partial charge < -0.3 is 4.90 Å². The Labute approximate surface area is 194 Å². The van der Waals surface area contributed by atoms with E-state index in [9.17, 15) is 4.79 Å². The zero-order valence-electron chi connectivity index (χ0n) is 17.8. The highest BCUT2D eigenvalue weighted by atomic mass is 35.5. The molecule has 0 atom stereocenters. The van der Waals surface area contributed by atoms with Crippen LogP contribution in [-0.4, -0.2) is 43.0 Å². The lowest BCUT2D eigenvalue weighted by atomic mass is 9.49. The largest absolute Gasteiger partial charge is 0.309 e. The Morgan fingerprint density at radius 2 is 1.77 bits per heavy atom. The number of rotatable bonds is 6. The third-order valence-electron chi connectivity index (χ3n) is 7.31. The molecule has 1 aromatic carbocycles. The molecule has 0 N–H and O–H groups in total. The predicted molar refractivity (Wildman–Crippen MR) is 128 cm³/mol. The van der Waals surface area contributed by atoms with Crippen molar-refractivity contribution < 1.29 is 4.79 Å². The molecule has 30 heavy (non-hydrogen) atoms. The maximum absolute atomic E-state index is 14.1. The number of carbonyl (C=O) groups excluding carboxylic acids is 1. The molecule has 1 aromatic heterocycles. The molecule has 0 spiro atoms. The van der Waals surface area contributed by atoms with E-state index in [1.54, 1.807) is 11.3 Å². The van der Waals surface area contributed by atoms with Crippen LogP contribution >= 0.6 is 35.3 Å². The van der Waals surface area contributed by atoms with Crippen molar-refractivity contribution in [2.45, 2.75) is 44.9 Å². The molecule has 0 saturated heterocycles. The number of halogens is 2. The maximum atomic E-state index is 14.1. The summed E-state index contributed by atoms with van der Waals surface area (Å²) in [4.78, 5) is 23.1. The van der Waals surface area contributed by atoms with E-state index in [0.717, 1.165) is 71.9 Å². The molecule has 1 amide bonds. The van der Waals surface area contributed by atoms with Gasteiger partial charge in [0.15, 0.2) is 5.13 Å². The molecule has 0 unspecified atom stereocenters. The topological polar surface area (TPSA) is 36.4 Å².